The number of nitrogens with one attached hydrogen (secondary N) is 2. The number of anilines is 1. The van der Waals surface area contributed by atoms with Crippen LogP contribution in [0.1, 0.15) is 12.5 Å². The molecule has 4 unspecified atom stereocenters. The standard InChI is InChI=1S/C20H23N9O14P2/c21-20-26-15-9(17(33)27-20)25-5-29(15)19-11(31)13-7(41-19)2-39-44(34,35)42-12-6(1-38-45(36,37)43-13)40-18(10(12)30)28-4-24-8-14(28)22-3-23-16(8)32/h3-7,10-13,18-19,30-31H,1-2H2,(H,34,35)(H,36,37)(H,22,23,32)(H3,21,26,27,33)/t6-,7+,10+,11?,12?,13+,18-,19-/m1/s1. The fourth-order valence-corrected chi connectivity index (χ4v) is 7.24. The minimum absolute atomic E-state index is 0.0118. The molecule has 10 atom stereocenters. The number of rotatable bonds is 2. The number of H-pyrrole nitrogens is 2. The van der Waals surface area contributed by atoms with Crippen LogP contribution in [0.25, 0.3) is 22.3 Å². The second kappa shape index (κ2) is 10.8. The largest absolute Gasteiger partial charge is 0.472 e. The summed E-state index contributed by atoms with van der Waals surface area (Å²) in [5, 5.41) is 22.2. The third-order valence-corrected chi connectivity index (χ3v) is 9.27. The monoisotopic (exact) mass is 675 g/mol. The number of fused-ring (bicyclic) bond motifs is 4. The number of hydrogen-bond donors (Lipinski definition) is 7. The van der Waals surface area contributed by atoms with Crippen LogP contribution in [0, 0.1) is 0 Å². The molecule has 4 aromatic heterocycles. The van der Waals surface area contributed by atoms with Gasteiger partial charge in [-0.2, -0.15) is 4.98 Å². The third-order valence-electron chi connectivity index (χ3n) is 7.30. The molecule has 0 radical (unpaired) electrons. The number of phosphoric acid groups is 2. The Labute approximate surface area is 247 Å². The number of nitrogens with zero attached hydrogens (tertiary/aromatic N) is 6. The normalized spacial score (nSPS) is 37.7. The predicted molar refractivity (Wildman–Crippen MR) is 142 cm³/mol. The van der Waals surface area contributed by atoms with E-state index in [0.717, 1.165) is 28.1 Å². The lowest BCUT2D eigenvalue weighted by molar-refractivity contribution is -0.0664. The van der Waals surface area contributed by atoms with Crippen molar-refractivity contribution in [1.29, 1.82) is 0 Å². The Morgan fingerprint density at radius 2 is 1.33 bits per heavy atom. The molecule has 3 aliphatic rings. The second-order valence-corrected chi connectivity index (χ2v) is 12.9. The summed E-state index contributed by atoms with van der Waals surface area (Å²) in [5.41, 5.74) is 3.96. The first-order valence-electron chi connectivity index (χ1n) is 12.9. The van der Waals surface area contributed by atoms with Gasteiger partial charge in [0.15, 0.2) is 34.8 Å². The molecule has 7 heterocycles. The number of phosphoric ester groups is 2. The first kappa shape index (κ1) is 30.2. The van der Waals surface area contributed by atoms with E-state index in [1.54, 1.807) is 0 Å². The highest BCUT2D eigenvalue weighted by Crippen LogP contribution is 2.53. The quantitative estimate of drug-likeness (QED) is 0.107. The molecule has 0 aliphatic carbocycles. The van der Waals surface area contributed by atoms with Crippen molar-refractivity contribution in [2.75, 3.05) is 18.9 Å². The lowest BCUT2D eigenvalue weighted by Crippen LogP contribution is -2.39. The van der Waals surface area contributed by atoms with Crippen molar-refractivity contribution in [3.8, 4) is 0 Å². The van der Waals surface area contributed by atoms with Crippen LogP contribution < -0.4 is 16.9 Å². The zero-order valence-electron chi connectivity index (χ0n) is 22.3. The van der Waals surface area contributed by atoms with Gasteiger partial charge in [-0.25, -0.2) is 24.1 Å². The van der Waals surface area contributed by atoms with E-state index in [1.807, 2.05) is 0 Å². The summed E-state index contributed by atoms with van der Waals surface area (Å²) >= 11 is 0. The van der Waals surface area contributed by atoms with E-state index < -0.39 is 89.1 Å². The van der Waals surface area contributed by atoms with Crippen LogP contribution in [0.15, 0.2) is 28.6 Å². The molecule has 0 spiro atoms. The molecule has 3 aliphatic heterocycles. The topological polar surface area (TPSA) is 324 Å². The maximum Gasteiger partial charge on any atom is 0.472 e. The fraction of sp³-hybridized carbons (Fsp3) is 0.500. The lowest BCUT2D eigenvalue weighted by Gasteiger charge is -2.27. The van der Waals surface area contributed by atoms with Gasteiger partial charge in [-0.3, -0.25) is 41.8 Å². The smallest absolute Gasteiger partial charge is 0.386 e. The van der Waals surface area contributed by atoms with Gasteiger partial charge >= 0.3 is 15.6 Å². The van der Waals surface area contributed by atoms with Crippen LogP contribution in [-0.2, 0) is 36.7 Å². The van der Waals surface area contributed by atoms with Crippen LogP contribution in [0.2, 0.25) is 0 Å². The van der Waals surface area contributed by atoms with Crippen LogP contribution in [-0.4, -0.2) is 109 Å². The summed E-state index contributed by atoms with van der Waals surface area (Å²) in [6.07, 6.45) is -9.53. The Morgan fingerprint density at radius 1 is 0.822 bits per heavy atom. The van der Waals surface area contributed by atoms with Crippen molar-refractivity contribution in [2.24, 2.45) is 0 Å². The molecule has 242 valence electrons. The maximum atomic E-state index is 13.1. The van der Waals surface area contributed by atoms with Gasteiger partial charge in [-0.1, -0.05) is 0 Å². The van der Waals surface area contributed by atoms with E-state index in [4.69, 9.17) is 33.3 Å². The molecule has 25 heteroatoms. The molecular formula is C20H23N9O14P2. The number of nitrogens with two attached hydrogens (primary N) is 1. The molecule has 0 bridgehead atoms. The molecule has 23 nitrogen and oxygen atoms in total. The van der Waals surface area contributed by atoms with Gasteiger partial charge in [-0.05, 0) is 0 Å². The van der Waals surface area contributed by atoms with E-state index in [0.29, 0.717) is 0 Å². The zero-order chi connectivity index (χ0) is 31.8. The third kappa shape index (κ3) is 5.31. The summed E-state index contributed by atoms with van der Waals surface area (Å²) in [6, 6.07) is 0. The maximum absolute atomic E-state index is 13.1. The number of aliphatic hydroxyl groups excluding tert-OH is 2. The number of imidazole rings is 2. The number of nitrogen functional groups attached to an aromatic ring is 1. The summed E-state index contributed by atoms with van der Waals surface area (Å²) in [7, 11) is -10.1. The van der Waals surface area contributed by atoms with E-state index in [2.05, 4.69) is 29.9 Å². The molecule has 8 N–H and O–H groups in total. The SMILES string of the molecule is Nc1nc2c(ncn2[C@@H]2O[C@H]3COP(=O)(O)OC4[C@@H](COP(=O)(O)O[C@@H]3C2O)O[C@@H](n2cnc3c(=O)[nH]cnc32)[C@H]4O)c(=O)[nH]1. The number of hydrogen-bond acceptors (Lipinski definition) is 17. The summed E-state index contributed by atoms with van der Waals surface area (Å²) in [4.78, 5) is 65.9. The van der Waals surface area contributed by atoms with Crippen LogP contribution in [0.3, 0.4) is 0 Å². The summed E-state index contributed by atoms with van der Waals surface area (Å²) < 4.78 is 60.6. The Kier molecular flexibility index (Phi) is 7.27. The Balaban J connectivity index is 1.17. The Hall–Kier alpha value is -3.44. The molecule has 0 aromatic carbocycles. The molecule has 4 aromatic rings. The number of ether oxygens (including phenoxy) is 2. The van der Waals surface area contributed by atoms with Crippen molar-refractivity contribution >= 4 is 43.9 Å². The average molecular weight is 675 g/mol. The van der Waals surface area contributed by atoms with Gasteiger partial charge < -0.3 is 40.2 Å². The molecule has 3 saturated heterocycles. The number of aliphatic hydroxyl groups is 2. The van der Waals surface area contributed by atoms with Gasteiger partial charge in [0.05, 0.1) is 32.2 Å². The van der Waals surface area contributed by atoms with E-state index in [1.165, 1.54) is 0 Å². The lowest BCUT2D eigenvalue weighted by atomic mass is 10.1. The van der Waals surface area contributed by atoms with Crippen LogP contribution in [0.5, 0.6) is 0 Å². The van der Waals surface area contributed by atoms with E-state index >= 15 is 0 Å². The number of aromatic nitrogens is 8. The highest BCUT2D eigenvalue weighted by Gasteiger charge is 2.54. The van der Waals surface area contributed by atoms with Gasteiger partial charge in [-0.15, -0.1) is 0 Å². The summed E-state index contributed by atoms with van der Waals surface area (Å²) in [5.74, 6) is -0.275. The predicted octanol–water partition coefficient (Wildman–Crippen LogP) is -2.63. The molecule has 0 saturated carbocycles. The van der Waals surface area contributed by atoms with E-state index in [9.17, 15) is 38.7 Å². The average Bonchev–Trinajstić information content (AvgIpc) is 3.72. The molecule has 0 amide bonds. The Morgan fingerprint density at radius 3 is 1.89 bits per heavy atom. The number of aromatic amines is 2. The van der Waals surface area contributed by atoms with Crippen molar-refractivity contribution in [2.45, 2.75) is 49.1 Å². The van der Waals surface area contributed by atoms with Crippen molar-refractivity contribution in [3.05, 3.63) is 39.7 Å². The molecule has 7 rings (SSSR count). The fourth-order valence-electron chi connectivity index (χ4n) is 5.31. The highest BCUT2D eigenvalue weighted by atomic mass is 31.2. The van der Waals surface area contributed by atoms with Crippen molar-refractivity contribution in [1.82, 2.24) is 39.0 Å². The first-order chi connectivity index (χ1) is 21.3. The Bertz CT molecular complexity index is 2000. The van der Waals surface area contributed by atoms with Gasteiger partial charge in [0.25, 0.3) is 11.1 Å². The minimum Gasteiger partial charge on any atom is -0.386 e. The van der Waals surface area contributed by atoms with Gasteiger partial charge in [0.1, 0.15) is 36.6 Å². The molecule has 45 heavy (non-hydrogen) atoms. The van der Waals surface area contributed by atoms with Gasteiger partial charge in [0, 0.05) is 0 Å². The minimum atomic E-state index is -5.08. The zero-order valence-corrected chi connectivity index (χ0v) is 24.1. The van der Waals surface area contributed by atoms with Crippen LogP contribution in [0.4, 0.5) is 5.95 Å². The molecular weight excluding hydrogens is 652 g/mol. The van der Waals surface area contributed by atoms with Crippen molar-refractivity contribution < 1.29 is 56.7 Å². The van der Waals surface area contributed by atoms with E-state index in [-0.39, 0.29) is 28.3 Å². The van der Waals surface area contributed by atoms with Gasteiger partial charge in [0.2, 0.25) is 5.95 Å². The second-order valence-electron chi connectivity index (χ2n) is 10.1. The van der Waals surface area contributed by atoms with Crippen molar-refractivity contribution in [3.63, 3.8) is 0 Å². The summed E-state index contributed by atoms with van der Waals surface area (Å²) in [6.45, 7) is -1.70. The molecule has 3 fully saturated rings. The highest BCUT2D eigenvalue weighted by molar-refractivity contribution is 7.47. The van der Waals surface area contributed by atoms with Crippen LogP contribution >= 0.6 is 15.6 Å². The first-order valence-corrected chi connectivity index (χ1v) is 15.9.